The van der Waals surface area contributed by atoms with Crippen LogP contribution in [0.1, 0.15) is 0 Å². The van der Waals surface area contributed by atoms with Gasteiger partial charge >= 0.3 is 0 Å². The Kier molecular flexibility index (Phi) is 6.28. The third-order valence-electron chi connectivity index (χ3n) is 10.9. The van der Waals surface area contributed by atoms with Crippen molar-refractivity contribution in [3.8, 4) is 33.6 Å². The first-order chi connectivity index (χ1) is 25.8. The molecule has 2 heterocycles. The quantitative estimate of drug-likeness (QED) is 0.178. The predicted molar refractivity (Wildman–Crippen MR) is 221 cm³/mol. The minimum Gasteiger partial charge on any atom is -0.309 e. The summed E-state index contributed by atoms with van der Waals surface area (Å²) in [6.45, 7) is 0. The number of para-hydroxylation sites is 3. The molecule has 2 heteroatoms. The highest BCUT2D eigenvalue weighted by molar-refractivity contribution is 6.14. The number of hydrogen-bond donors (Lipinski definition) is 0. The van der Waals surface area contributed by atoms with Crippen molar-refractivity contribution in [1.29, 1.82) is 0 Å². The van der Waals surface area contributed by atoms with E-state index in [1.165, 1.54) is 98.8 Å². The van der Waals surface area contributed by atoms with E-state index < -0.39 is 0 Å². The molecule has 11 aromatic rings. The molecule has 0 aliphatic carbocycles. The summed E-state index contributed by atoms with van der Waals surface area (Å²) >= 11 is 0. The molecular weight excluding hydrogens is 629 g/mol. The third kappa shape index (κ3) is 4.31. The molecule has 0 aliphatic rings. The molecule has 0 fully saturated rings. The van der Waals surface area contributed by atoms with Crippen molar-refractivity contribution >= 4 is 65.2 Å². The van der Waals surface area contributed by atoms with Crippen molar-refractivity contribution in [2.24, 2.45) is 0 Å². The highest BCUT2D eigenvalue weighted by Crippen LogP contribution is 2.41. The molecule has 0 radical (unpaired) electrons. The van der Waals surface area contributed by atoms with E-state index in [1.807, 2.05) is 0 Å². The normalized spacial score (nSPS) is 11.8. The van der Waals surface area contributed by atoms with Gasteiger partial charge in [0.2, 0.25) is 0 Å². The summed E-state index contributed by atoms with van der Waals surface area (Å²) in [5.41, 5.74) is 12.1. The van der Waals surface area contributed by atoms with E-state index in [4.69, 9.17) is 0 Å². The lowest BCUT2D eigenvalue weighted by Gasteiger charge is -2.13. The van der Waals surface area contributed by atoms with E-state index in [2.05, 4.69) is 203 Å². The Bertz CT molecular complexity index is 3180. The summed E-state index contributed by atoms with van der Waals surface area (Å²) in [5.74, 6) is 0. The summed E-state index contributed by atoms with van der Waals surface area (Å²) < 4.78 is 4.79. The van der Waals surface area contributed by atoms with Gasteiger partial charge in [-0.15, -0.1) is 0 Å². The molecule has 2 nitrogen and oxygen atoms in total. The number of benzene rings is 9. The van der Waals surface area contributed by atoms with E-state index >= 15 is 0 Å². The highest BCUT2D eigenvalue weighted by Gasteiger charge is 2.17. The summed E-state index contributed by atoms with van der Waals surface area (Å²) in [5, 5.41) is 10.1. The van der Waals surface area contributed by atoms with Crippen LogP contribution in [0.5, 0.6) is 0 Å². The zero-order valence-electron chi connectivity index (χ0n) is 28.4. The van der Waals surface area contributed by atoms with Gasteiger partial charge in [-0.3, -0.25) is 0 Å². The average molecular weight is 661 g/mol. The van der Waals surface area contributed by atoms with E-state index in [0.29, 0.717) is 0 Å². The maximum atomic E-state index is 2.41. The zero-order valence-corrected chi connectivity index (χ0v) is 28.4. The first-order valence-corrected chi connectivity index (χ1v) is 17.9. The molecule has 0 saturated heterocycles. The Morgan fingerprint density at radius 3 is 1.35 bits per heavy atom. The van der Waals surface area contributed by atoms with Gasteiger partial charge in [-0.05, 0) is 104 Å². The molecular formula is C50H32N2. The van der Waals surface area contributed by atoms with Gasteiger partial charge in [-0.1, -0.05) is 133 Å². The fraction of sp³-hybridized carbons (Fsp3) is 0. The first kappa shape index (κ1) is 28.9. The first-order valence-electron chi connectivity index (χ1n) is 17.9. The van der Waals surface area contributed by atoms with Crippen LogP contribution in [-0.2, 0) is 0 Å². The Morgan fingerprint density at radius 1 is 0.250 bits per heavy atom. The largest absolute Gasteiger partial charge is 0.309 e. The van der Waals surface area contributed by atoms with Crippen LogP contribution < -0.4 is 0 Å². The second-order valence-electron chi connectivity index (χ2n) is 13.7. The maximum absolute atomic E-state index is 2.41. The Labute approximate surface area is 301 Å². The molecule has 0 unspecified atom stereocenters. The molecule has 2 aromatic heterocycles. The average Bonchev–Trinajstić information content (AvgIpc) is 3.73. The van der Waals surface area contributed by atoms with Crippen LogP contribution in [0.25, 0.3) is 98.8 Å². The molecule has 0 N–H and O–H groups in total. The van der Waals surface area contributed by atoms with E-state index in [9.17, 15) is 0 Å². The van der Waals surface area contributed by atoms with Crippen LogP contribution >= 0.6 is 0 Å². The minimum atomic E-state index is 1.17. The monoisotopic (exact) mass is 660 g/mol. The van der Waals surface area contributed by atoms with Gasteiger partial charge in [-0.25, -0.2) is 0 Å². The molecule has 0 saturated carbocycles. The van der Waals surface area contributed by atoms with Crippen molar-refractivity contribution in [3.05, 3.63) is 194 Å². The Hall–Kier alpha value is -6.90. The predicted octanol–water partition coefficient (Wildman–Crippen LogP) is 13.5. The smallest absolute Gasteiger partial charge is 0.0541 e. The molecule has 0 bridgehead atoms. The topological polar surface area (TPSA) is 9.86 Å². The van der Waals surface area contributed by atoms with Crippen LogP contribution in [0, 0.1) is 0 Å². The Balaban J connectivity index is 1.07. The molecule has 52 heavy (non-hydrogen) atoms. The lowest BCUT2D eigenvalue weighted by Crippen LogP contribution is -1.93. The molecule has 0 amide bonds. The summed E-state index contributed by atoms with van der Waals surface area (Å²) in [4.78, 5) is 0. The number of nitrogens with zero attached hydrogens (tertiary/aromatic N) is 2. The lowest BCUT2D eigenvalue weighted by atomic mass is 9.92. The van der Waals surface area contributed by atoms with Gasteiger partial charge in [0.05, 0.1) is 22.1 Å². The zero-order chi connectivity index (χ0) is 34.2. The SMILES string of the molecule is c1ccc(-n2c3ccccc3c3cc(-c4cccc5c(-c6ccc7c(c6)c6ccccc6n7-c6ccc7ccccc7c6)cccc45)ccc32)cc1. The van der Waals surface area contributed by atoms with Crippen molar-refractivity contribution in [3.63, 3.8) is 0 Å². The van der Waals surface area contributed by atoms with Crippen LogP contribution in [-0.4, -0.2) is 9.13 Å². The van der Waals surface area contributed by atoms with Crippen molar-refractivity contribution in [1.82, 2.24) is 9.13 Å². The van der Waals surface area contributed by atoms with Gasteiger partial charge in [-0.2, -0.15) is 0 Å². The number of fused-ring (bicyclic) bond motifs is 8. The van der Waals surface area contributed by atoms with E-state index in [0.717, 1.165) is 0 Å². The van der Waals surface area contributed by atoms with Gasteiger partial charge in [0.1, 0.15) is 0 Å². The number of rotatable bonds is 4. The summed E-state index contributed by atoms with van der Waals surface area (Å²) in [6.07, 6.45) is 0. The highest BCUT2D eigenvalue weighted by atomic mass is 15.0. The molecule has 11 rings (SSSR count). The van der Waals surface area contributed by atoms with Gasteiger partial charge in [0.15, 0.2) is 0 Å². The van der Waals surface area contributed by atoms with Gasteiger partial charge < -0.3 is 9.13 Å². The number of hydrogen-bond acceptors (Lipinski definition) is 0. The lowest BCUT2D eigenvalue weighted by molar-refractivity contribution is 1.18. The third-order valence-corrected chi connectivity index (χ3v) is 10.9. The van der Waals surface area contributed by atoms with Crippen molar-refractivity contribution in [2.45, 2.75) is 0 Å². The molecule has 0 aliphatic heterocycles. The Morgan fingerprint density at radius 2 is 0.731 bits per heavy atom. The van der Waals surface area contributed by atoms with Crippen molar-refractivity contribution < 1.29 is 0 Å². The fourth-order valence-corrected chi connectivity index (χ4v) is 8.54. The molecule has 0 spiro atoms. The van der Waals surface area contributed by atoms with Crippen LogP contribution in [0.4, 0.5) is 0 Å². The molecule has 0 atom stereocenters. The van der Waals surface area contributed by atoms with E-state index in [1.54, 1.807) is 0 Å². The maximum Gasteiger partial charge on any atom is 0.0541 e. The minimum absolute atomic E-state index is 1.17. The van der Waals surface area contributed by atoms with Crippen LogP contribution in [0.3, 0.4) is 0 Å². The van der Waals surface area contributed by atoms with Gasteiger partial charge in [0, 0.05) is 32.9 Å². The summed E-state index contributed by atoms with van der Waals surface area (Å²) in [7, 11) is 0. The fourth-order valence-electron chi connectivity index (χ4n) is 8.54. The van der Waals surface area contributed by atoms with Crippen molar-refractivity contribution in [2.75, 3.05) is 0 Å². The summed E-state index contributed by atoms with van der Waals surface area (Å²) in [6, 6.07) is 71.0. The van der Waals surface area contributed by atoms with Gasteiger partial charge in [0.25, 0.3) is 0 Å². The van der Waals surface area contributed by atoms with Crippen LogP contribution in [0.2, 0.25) is 0 Å². The second kappa shape index (κ2) is 11.3. The molecule has 242 valence electrons. The number of aromatic nitrogens is 2. The standard InChI is InChI=1S/C50H32N2/c1-2-14-37(15-3-1)51-47-22-8-6-16-43(47)45-31-35(25-28-49(45)51)39-18-10-21-42-40(19-11-20-41(39)42)36-26-29-50-46(32-36)44-17-7-9-23-48(44)52(50)38-27-24-33-12-4-5-13-34(33)30-38/h1-32H. The van der Waals surface area contributed by atoms with E-state index in [-0.39, 0.29) is 0 Å². The second-order valence-corrected chi connectivity index (χ2v) is 13.7. The van der Waals surface area contributed by atoms with Crippen LogP contribution in [0.15, 0.2) is 194 Å². The molecule has 9 aromatic carbocycles.